The fourth-order valence-electron chi connectivity index (χ4n) is 8.52. The molecule has 28 heavy (non-hydrogen) atoms. The van der Waals surface area contributed by atoms with E-state index in [4.69, 9.17) is 4.74 Å². The van der Waals surface area contributed by atoms with Crippen LogP contribution in [0.1, 0.15) is 79.6 Å². The molecule has 4 heteroatoms. The SMILES string of the molecule is CC(=O)O[C@]1(C(C)=O)CC[C@H]2[C@@H]3C[C@H](C)C4CC(=O)C[C@H](C)[C@@H]4C3CC[C@@]21C. The lowest BCUT2D eigenvalue weighted by Gasteiger charge is -2.59. The number of fused-ring (bicyclic) bond motifs is 5. The molecule has 4 aliphatic carbocycles. The van der Waals surface area contributed by atoms with Crippen LogP contribution in [0.5, 0.6) is 0 Å². The lowest BCUT2D eigenvalue weighted by molar-refractivity contribution is -0.189. The normalized spacial score (nSPS) is 50.3. The molecule has 4 rings (SSSR count). The fourth-order valence-corrected chi connectivity index (χ4v) is 8.52. The van der Waals surface area contributed by atoms with E-state index in [0.717, 1.165) is 38.5 Å². The predicted molar refractivity (Wildman–Crippen MR) is 106 cm³/mol. The summed E-state index contributed by atoms with van der Waals surface area (Å²) in [5, 5.41) is 0. The first-order valence-electron chi connectivity index (χ1n) is 11.3. The van der Waals surface area contributed by atoms with Crippen LogP contribution < -0.4 is 0 Å². The average molecular weight is 389 g/mol. The topological polar surface area (TPSA) is 60.4 Å². The molecule has 156 valence electrons. The van der Waals surface area contributed by atoms with Crippen molar-refractivity contribution in [2.24, 2.45) is 46.8 Å². The van der Waals surface area contributed by atoms with Gasteiger partial charge in [-0.15, -0.1) is 0 Å². The van der Waals surface area contributed by atoms with Crippen molar-refractivity contribution in [3.63, 3.8) is 0 Å². The number of hydrogen-bond donors (Lipinski definition) is 0. The van der Waals surface area contributed by atoms with E-state index in [0.29, 0.717) is 53.6 Å². The second-order valence-corrected chi connectivity index (χ2v) is 10.8. The first-order valence-corrected chi connectivity index (χ1v) is 11.3. The van der Waals surface area contributed by atoms with Crippen LogP contribution in [0.4, 0.5) is 0 Å². The van der Waals surface area contributed by atoms with Crippen molar-refractivity contribution in [2.45, 2.75) is 85.2 Å². The Kier molecular flexibility index (Phi) is 4.79. The molecule has 0 bridgehead atoms. The van der Waals surface area contributed by atoms with Gasteiger partial charge in [-0.3, -0.25) is 14.4 Å². The molecule has 0 aromatic rings. The maximum atomic E-state index is 12.8. The number of ketones is 2. The minimum atomic E-state index is -0.942. The summed E-state index contributed by atoms with van der Waals surface area (Å²) >= 11 is 0. The summed E-state index contributed by atoms with van der Waals surface area (Å²) in [6.45, 7) is 9.88. The Bertz CT molecular complexity index is 699. The Hall–Kier alpha value is -1.19. The van der Waals surface area contributed by atoms with Gasteiger partial charge in [0.25, 0.3) is 0 Å². The highest BCUT2D eigenvalue weighted by Crippen LogP contribution is 2.67. The molecule has 4 fully saturated rings. The van der Waals surface area contributed by atoms with Gasteiger partial charge in [0.1, 0.15) is 5.78 Å². The maximum Gasteiger partial charge on any atom is 0.303 e. The summed E-state index contributed by atoms with van der Waals surface area (Å²) in [5.41, 5.74) is -1.20. The van der Waals surface area contributed by atoms with E-state index in [-0.39, 0.29) is 17.2 Å². The van der Waals surface area contributed by atoms with Crippen LogP contribution in [0.25, 0.3) is 0 Å². The van der Waals surface area contributed by atoms with E-state index in [9.17, 15) is 14.4 Å². The van der Waals surface area contributed by atoms with Gasteiger partial charge in [0.15, 0.2) is 11.4 Å². The summed E-state index contributed by atoms with van der Waals surface area (Å²) < 4.78 is 5.85. The van der Waals surface area contributed by atoms with Crippen LogP contribution in [0.3, 0.4) is 0 Å². The Labute approximate surface area is 169 Å². The number of rotatable bonds is 2. The molecule has 0 aromatic heterocycles. The van der Waals surface area contributed by atoms with E-state index < -0.39 is 5.60 Å². The van der Waals surface area contributed by atoms with Crippen molar-refractivity contribution in [1.29, 1.82) is 0 Å². The fraction of sp³-hybridized carbons (Fsp3) is 0.875. The summed E-state index contributed by atoms with van der Waals surface area (Å²) in [4.78, 5) is 36.9. The van der Waals surface area contributed by atoms with E-state index in [2.05, 4.69) is 20.8 Å². The van der Waals surface area contributed by atoms with Gasteiger partial charge < -0.3 is 4.74 Å². The van der Waals surface area contributed by atoms with Crippen molar-refractivity contribution in [3.05, 3.63) is 0 Å². The third-order valence-corrected chi connectivity index (χ3v) is 9.53. The number of hydrogen-bond acceptors (Lipinski definition) is 4. The molecular formula is C24H36O4. The van der Waals surface area contributed by atoms with Crippen molar-refractivity contribution >= 4 is 17.5 Å². The zero-order valence-electron chi connectivity index (χ0n) is 18.1. The van der Waals surface area contributed by atoms with E-state index in [1.165, 1.54) is 6.92 Å². The smallest absolute Gasteiger partial charge is 0.303 e. The first kappa shape index (κ1) is 20.1. The zero-order chi connectivity index (χ0) is 20.4. The number of Topliss-reactive ketones (excluding diaryl/α,β-unsaturated/α-hetero) is 2. The van der Waals surface area contributed by atoms with Crippen LogP contribution >= 0.6 is 0 Å². The predicted octanol–water partition coefficient (Wildman–Crippen LogP) is 4.59. The Morgan fingerprint density at radius 3 is 2.32 bits per heavy atom. The highest BCUT2D eigenvalue weighted by Gasteiger charge is 2.67. The van der Waals surface area contributed by atoms with Crippen molar-refractivity contribution in [2.75, 3.05) is 0 Å². The molecule has 0 N–H and O–H groups in total. The molecule has 9 atom stereocenters. The molecule has 0 amide bonds. The maximum absolute atomic E-state index is 12.8. The number of esters is 1. The molecule has 0 saturated heterocycles. The summed E-state index contributed by atoms with van der Waals surface area (Å²) in [7, 11) is 0. The van der Waals surface area contributed by atoms with Gasteiger partial charge in [-0.1, -0.05) is 20.8 Å². The van der Waals surface area contributed by atoms with Gasteiger partial charge in [0.2, 0.25) is 0 Å². The van der Waals surface area contributed by atoms with E-state index >= 15 is 0 Å². The van der Waals surface area contributed by atoms with Crippen molar-refractivity contribution in [1.82, 2.24) is 0 Å². The Morgan fingerprint density at radius 2 is 1.68 bits per heavy atom. The molecule has 0 radical (unpaired) electrons. The highest BCUT2D eigenvalue weighted by atomic mass is 16.6. The standard InChI is InChI=1S/C24H36O4/c1-13-11-20-18(22-14(2)10-17(27)12-19(13)22)6-8-23(5)21(20)7-9-24(23,15(3)25)28-16(4)26/h13-14,18-22H,6-12H2,1-5H3/t13-,14-,18?,19?,20+,21-,22+,23-,24-/m0/s1. The van der Waals surface area contributed by atoms with Gasteiger partial charge in [-0.25, -0.2) is 0 Å². The molecule has 0 spiro atoms. The summed E-state index contributed by atoms with van der Waals surface area (Å²) in [5.74, 6) is 4.00. The average Bonchev–Trinajstić information content (AvgIpc) is 2.88. The lowest BCUT2D eigenvalue weighted by atomic mass is 9.46. The number of ether oxygens (including phenoxy) is 1. The molecule has 0 heterocycles. The number of carbonyl (C=O) groups excluding carboxylic acids is 3. The van der Waals surface area contributed by atoms with E-state index in [1.807, 2.05) is 0 Å². The highest BCUT2D eigenvalue weighted by molar-refractivity contribution is 5.89. The summed E-state index contributed by atoms with van der Waals surface area (Å²) in [6.07, 6.45) is 6.35. The van der Waals surface area contributed by atoms with Gasteiger partial charge >= 0.3 is 5.97 Å². The van der Waals surface area contributed by atoms with Crippen molar-refractivity contribution < 1.29 is 19.1 Å². The van der Waals surface area contributed by atoms with E-state index in [1.54, 1.807) is 6.92 Å². The summed E-state index contributed by atoms with van der Waals surface area (Å²) in [6, 6.07) is 0. The number of carbonyl (C=O) groups is 3. The Morgan fingerprint density at radius 1 is 0.964 bits per heavy atom. The third-order valence-electron chi connectivity index (χ3n) is 9.53. The molecule has 0 aromatic carbocycles. The van der Waals surface area contributed by atoms with Gasteiger partial charge in [0, 0.05) is 25.2 Å². The monoisotopic (exact) mass is 388 g/mol. The van der Waals surface area contributed by atoms with Crippen LogP contribution in [-0.2, 0) is 19.1 Å². The molecule has 4 saturated carbocycles. The van der Waals surface area contributed by atoms with Crippen molar-refractivity contribution in [3.8, 4) is 0 Å². The van der Waals surface area contributed by atoms with Crippen LogP contribution in [0.15, 0.2) is 0 Å². The quantitative estimate of drug-likeness (QED) is 0.649. The van der Waals surface area contributed by atoms with Crippen LogP contribution in [0.2, 0.25) is 0 Å². The molecular weight excluding hydrogens is 352 g/mol. The second kappa shape index (κ2) is 6.67. The lowest BCUT2D eigenvalue weighted by Crippen LogP contribution is -2.59. The largest absolute Gasteiger partial charge is 0.451 e. The van der Waals surface area contributed by atoms with Crippen LogP contribution in [0, 0.1) is 46.8 Å². The Balaban J connectivity index is 1.68. The first-order chi connectivity index (χ1) is 13.1. The zero-order valence-corrected chi connectivity index (χ0v) is 18.1. The molecule has 4 nitrogen and oxygen atoms in total. The van der Waals surface area contributed by atoms with Crippen LogP contribution in [-0.4, -0.2) is 23.1 Å². The molecule has 0 aliphatic heterocycles. The molecule has 4 aliphatic rings. The second-order valence-electron chi connectivity index (χ2n) is 10.8. The third kappa shape index (κ3) is 2.65. The minimum Gasteiger partial charge on any atom is -0.451 e. The van der Waals surface area contributed by atoms with Gasteiger partial charge in [-0.2, -0.15) is 0 Å². The minimum absolute atomic E-state index is 0.0181. The van der Waals surface area contributed by atoms with Gasteiger partial charge in [0.05, 0.1) is 0 Å². The van der Waals surface area contributed by atoms with Gasteiger partial charge in [-0.05, 0) is 80.5 Å². The molecule has 2 unspecified atom stereocenters.